The Bertz CT molecular complexity index is 244. The zero-order valence-corrected chi connectivity index (χ0v) is 5.84. The van der Waals surface area contributed by atoms with Gasteiger partial charge in [0.05, 0.1) is 12.4 Å². The first-order valence-corrected chi connectivity index (χ1v) is 2.94. The van der Waals surface area contributed by atoms with Crippen LogP contribution < -0.4 is 0 Å². The van der Waals surface area contributed by atoms with Crippen molar-refractivity contribution < 1.29 is 5.11 Å². The van der Waals surface area contributed by atoms with Crippen molar-refractivity contribution in [3.05, 3.63) is 29.8 Å². The van der Waals surface area contributed by atoms with Crippen molar-refractivity contribution in [2.75, 3.05) is 0 Å². The predicted molar refractivity (Wildman–Crippen MR) is 38.7 cm³/mol. The first kappa shape index (κ1) is 7.02. The molecule has 1 rings (SSSR count). The largest absolute Gasteiger partial charge is 0.506 e. The van der Waals surface area contributed by atoms with Crippen LogP contribution in [0.15, 0.2) is 19.0 Å². The molecule has 1 N–H and O–H groups in total. The quantitative estimate of drug-likeness (QED) is 0.629. The molecule has 0 fully saturated rings. The summed E-state index contributed by atoms with van der Waals surface area (Å²) in [5.41, 5.74) is 0.337. The topological polar surface area (TPSA) is 46.0 Å². The summed E-state index contributed by atoms with van der Waals surface area (Å²) in [4.78, 5) is 7.42. The van der Waals surface area contributed by atoms with Gasteiger partial charge in [0.1, 0.15) is 16.6 Å². The molecule has 0 saturated carbocycles. The Hall–Kier alpha value is -1.09. The summed E-state index contributed by atoms with van der Waals surface area (Å²) in [6.07, 6.45) is 2.70. The molecule has 10 heavy (non-hydrogen) atoms. The average Bonchev–Trinajstić information content (AvgIpc) is 1.88. The van der Waals surface area contributed by atoms with Crippen LogP contribution in [-0.2, 0) is 0 Å². The number of hydrogen-bond acceptors (Lipinski definition) is 3. The lowest BCUT2D eigenvalue weighted by molar-refractivity contribution is 0.510. The highest BCUT2D eigenvalue weighted by Gasteiger charge is 1.96. The molecule has 0 atom stereocenters. The maximum absolute atomic E-state index is 8.77. The number of halogens is 1. The SMILES string of the molecule is C=C(O)c1cnc(Cl)cn1. The van der Waals surface area contributed by atoms with Crippen LogP contribution in [0.3, 0.4) is 0 Å². The van der Waals surface area contributed by atoms with Crippen LogP contribution in [-0.4, -0.2) is 15.1 Å². The summed E-state index contributed by atoms with van der Waals surface area (Å²) >= 11 is 5.43. The van der Waals surface area contributed by atoms with Crippen LogP contribution in [0.5, 0.6) is 0 Å². The molecule has 0 aromatic carbocycles. The molecule has 0 aliphatic heterocycles. The summed E-state index contributed by atoms with van der Waals surface area (Å²) in [7, 11) is 0. The average molecular weight is 157 g/mol. The smallest absolute Gasteiger partial charge is 0.147 e. The van der Waals surface area contributed by atoms with E-state index in [4.69, 9.17) is 16.7 Å². The fraction of sp³-hybridized carbons (Fsp3) is 0. The van der Waals surface area contributed by atoms with E-state index in [-0.39, 0.29) is 5.76 Å². The van der Waals surface area contributed by atoms with Crippen molar-refractivity contribution in [1.29, 1.82) is 0 Å². The minimum atomic E-state index is -0.107. The van der Waals surface area contributed by atoms with Gasteiger partial charge in [0.2, 0.25) is 0 Å². The first-order valence-electron chi connectivity index (χ1n) is 2.56. The van der Waals surface area contributed by atoms with Crippen molar-refractivity contribution in [3.63, 3.8) is 0 Å². The van der Waals surface area contributed by atoms with E-state index in [9.17, 15) is 0 Å². The Balaban J connectivity index is 3.00. The molecular formula is C6H5ClN2O. The van der Waals surface area contributed by atoms with E-state index in [2.05, 4.69) is 16.5 Å². The normalized spacial score (nSPS) is 9.30. The van der Waals surface area contributed by atoms with E-state index in [1.807, 2.05) is 0 Å². The third-order valence-corrected chi connectivity index (χ3v) is 1.11. The minimum Gasteiger partial charge on any atom is -0.506 e. The van der Waals surface area contributed by atoms with Crippen LogP contribution in [0, 0.1) is 0 Å². The van der Waals surface area contributed by atoms with Crippen molar-refractivity contribution in [1.82, 2.24) is 9.97 Å². The van der Waals surface area contributed by atoms with Gasteiger partial charge < -0.3 is 5.11 Å². The highest BCUT2D eigenvalue weighted by molar-refractivity contribution is 6.29. The molecule has 0 aliphatic rings. The second kappa shape index (κ2) is 2.66. The van der Waals surface area contributed by atoms with Crippen molar-refractivity contribution in [2.24, 2.45) is 0 Å². The van der Waals surface area contributed by atoms with E-state index in [1.165, 1.54) is 12.4 Å². The number of aliphatic hydroxyl groups is 1. The number of hydrogen-bond donors (Lipinski definition) is 1. The number of rotatable bonds is 1. The Kier molecular flexibility index (Phi) is 1.87. The monoisotopic (exact) mass is 156 g/mol. The Labute approximate surface area is 63.0 Å². The van der Waals surface area contributed by atoms with Crippen molar-refractivity contribution >= 4 is 17.4 Å². The summed E-state index contributed by atoms with van der Waals surface area (Å²) in [6.45, 7) is 3.27. The predicted octanol–water partition coefficient (Wildman–Crippen LogP) is 1.66. The van der Waals surface area contributed by atoms with E-state index < -0.39 is 0 Å². The zero-order chi connectivity index (χ0) is 7.56. The van der Waals surface area contributed by atoms with Gasteiger partial charge in [-0.05, 0) is 0 Å². The fourth-order valence-electron chi connectivity index (χ4n) is 0.461. The standard InChI is InChI=1S/C6H5ClN2O/c1-4(10)5-2-9-6(7)3-8-5/h2-3,10H,1H2. The zero-order valence-electron chi connectivity index (χ0n) is 5.08. The Morgan fingerprint density at radius 3 is 2.60 bits per heavy atom. The lowest BCUT2D eigenvalue weighted by atomic mass is 10.4. The molecule has 4 heteroatoms. The molecule has 0 radical (unpaired) electrons. The lowest BCUT2D eigenvalue weighted by Gasteiger charge is -1.94. The van der Waals surface area contributed by atoms with Gasteiger partial charge in [-0.15, -0.1) is 0 Å². The third kappa shape index (κ3) is 1.45. The van der Waals surface area contributed by atoms with Gasteiger partial charge in [-0.25, -0.2) is 9.97 Å². The second-order valence-corrected chi connectivity index (χ2v) is 2.06. The molecule has 1 heterocycles. The molecule has 0 spiro atoms. The van der Waals surface area contributed by atoms with Gasteiger partial charge in [-0.2, -0.15) is 0 Å². The molecule has 1 aromatic heterocycles. The second-order valence-electron chi connectivity index (χ2n) is 1.67. The van der Waals surface area contributed by atoms with Crippen molar-refractivity contribution in [3.8, 4) is 0 Å². The first-order chi connectivity index (χ1) is 4.70. The molecule has 0 saturated heterocycles. The van der Waals surface area contributed by atoms with Gasteiger partial charge in [-0.1, -0.05) is 18.2 Å². The van der Waals surface area contributed by atoms with E-state index >= 15 is 0 Å². The third-order valence-electron chi connectivity index (χ3n) is 0.916. The number of nitrogens with zero attached hydrogens (tertiary/aromatic N) is 2. The van der Waals surface area contributed by atoms with Gasteiger partial charge in [0.25, 0.3) is 0 Å². The maximum Gasteiger partial charge on any atom is 0.147 e. The molecule has 1 aromatic rings. The van der Waals surface area contributed by atoms with Crippen LogP contribution in [0.25, 0.3) is 5.76 Å². The molecule has 0 aliphatic carbocycles. The van der Waals surface area contributed by atoms with Gasteiger partial charge in [0, 0.05) is 0 Å². The lowest BCUT2D eigenvalue weighted by Crippen LogP contribution is -1.87. The maximum atomic E-state index is 8.77. The van der Waals surface area contributed by atoms with Crippen LogP contribution in [0.4, 0.5) is 0 Å². The molecule has 3 nitrogen and oxygen atoms in total. The van der Waals surface area contributed by atoms with E-state index in [0.717, 1.165) is 0 Å². The Morgan fingerprint density at radius 1 is 1.50 bits per heavy atom. The molecule has 52 valence electrons. The highest BCUT2D eigenvalue weighted by atomic mass is 35.5. The van der Waals surface area contributed by atoms with Crippen LogP contribution in [0.2, 0.25) is 5.15 Å². The number of aromatic nitrogens is 2. The van der Waals surface area contributed by atoms with Crippen LogP contribution >= 0.6 is 11.6 Å². The van der Waals surface area contributed by atoms with E-state index in [0.29, 0.717) is 10.8 Å². The van der Waals surface area contributed by atoms with Crippen LogP contribution in [0.1, 0.15) is 5.69 Å². The molecular weight excluding hydrogens is 152 g/mol. The number of aliphatic hydroxyl groups excluding tert-OH is 1. The minimum absolute atomic E-state index is 0.107. The molecule has 0 amide bonds. The molecule has 0 bridgehead atoms. The van der Waals surface area contributed by atoms with Gasteiger partial charge in [-0.3, -0.25) is 0 Å². The van der Waals surface area contributed by atoms with E-state index in [1.54, 1.807) is 0 Å². The summed E-state index contributed by atoms with van der Waals surface area (Å²) in [6, 6.07) is 0. The summed E-state index contributed by atoms with van der Waals surface area (Å²) < 4.78 is 0. The highest BCUT2D eigenvalue weighted by Crippen LogP contribution is 2.05. The fourth-order valence-corrected chi connectivity index (χ4v) is 0.559. The van der Waals surface area contributed by atoms with Gasteiger partial charge in [0.15, 0.2) is 0 Å². The summed E-state index contributed by atoms with van der Waals surface area (Å²) in [5, 5.41) is 9.07. The van der Waals surface area contributed by atoms with Gasteiger partial charge >= 0.3 is 0 Å². The molecule has 0 unspecified atom stereocenters. The van der Waals surface area contributed by atoms with Crippen molar-refractivity contribution in [2.45, 2.75) is 0 Å². The summed E-state index contributed by atoms with van der Waals surface area (Å²) in [5.74, 6) is -0.107. The Morgan fingerprint density at radius 2 is 2.20 bits per heavy atom.